The van der Waals surface area contributed by atoms with E-state index in [2.05, 4.69) is 5.18 Å². The number of hydrogen-bond donors (Lipinski definition) is 1. The highest BCUT2D eigenvalue weighted by molar-refractivity contribution is 4.63. The van der Waals surface area contributed by atoms with Crippen molar-refractivity contribution in [2.45, 2.75) is 18.9 Å². The number of nitroso groups, excluding NO2 is 1. The highest BCUT2D eigenvalue weighted by atomic mass is 16.5. The summed E-state index contributed by atoms with van der Waals surface area (Å²) >= 11 is 0. The predicted molar refractivity (Wildman–Crippen MR) is 37.8 cm³/mol. The summed E-state index contributed by atoms with van der Waals surface area (Å²) in [7, 11) is 1.57. The van der Waals surface area contributed by atoms with E-state index in [9.17, 15) is 4.91 Å². The van der Waals surface area contributed by atoms with E-state index in [0.29, 0.717) is 19.4 Å². The zero-order valence-corrected chi connectivity index (χ0v) is 6.12. The van der Waals surface area contributed by atoms with Gasteiger partial charge in [-0.2, -0.15) is 4.91 Å². The van der Waals surface area contributed by atoms with Gasteiger partial charge < -0.3 is 9.84 Å². The first-order valence-electron chi connectivity index (χ1n) is 3.27. The van der Waals surface area contributed by atoms with E-state index in [1.807, 2.05) is 0 Å². The summed E-state index contributed by atoms with van der Waals surface area (Å²) < 4.78 is 4.74. The molecule has 1 atom stereocenters. The molecule has 0 aliphatic carbocycles. The van der Waals surface area contributed by atoms with Gasteiger partial charge in [0.2, 0.25) is 0 Å². The Balaban J connectivity index is 3.29. The van der Waals surface area contributed by atoms with Crippen LogP contribution in [-0.2, 0) is 4.74 Å². The molecule has 0 spiro atoms. The third-order valence-corrected chi connectivity index (χ3v) is 1.27. The van der Waals surface area contributed by atoms with E-state index in [-0.39, 0.29) is 12.6 Å². The Hall–Kier alpha value is -0.480. The van der Waals surface area contributed by atoms with Crippen LogP contribution in [0.15, 0.2) is 5.18 Å². The Labute approximate surface area is 60.2 Å². The van der Waals surface area contributed by atoms with E-state index >= 15 is 0 Å². The van der Waals surface area contributed by atoms with Crippen LogP contribution in [-0.4, -0.2) is 31.5 Å². The van der Waals surface area contributed by atoms with Crippen molar-refractivity contribution in [2.75, 3.05) is 20.3 Å². The first kappa shape index (κ1) is 9.52. The number of rotatable bonds is 6. The van der Waals surface area contributed by atoms with E-state index in [0.717, 1.165) is 0 Å². The predicted octanol–water partition coefficient (Wildman–Crippen LogP) is 0.540. The van der Waals surface area contributed by atoms with Crippen LogP contribution >= 0.6 is 0 Å². The van der Waals surface area contributed by atoms with E-state index in [1.165, 1.54) is 0 Å². The van der Waals surface area contributed by atoms with Crippen molar-refractivity contribution in [3.63, 3.8) is 0 Å². The second kappa shape index (κ2) is 6.64. The standard InChI is InChI=1S/C6H13NO3/c1-10-5-3-6(7-9)2-4-8/h6,8H,2-5H2,1H3/t6-/m1/s1. The lowest BCUT2D eigenvalue weighted by molar-refractivity contribution is 0.181. The molecule has 0 rings (SSSR count). The van der Waals surface area contributed by atoms with Crippen LogP contribution in [0.25, 0.3) is 0 Å². The third-order valence-electron chi connectivity index (χ3n) is 1.27. The minimum atomic E-state index is -0.287. The monoisotopic (exact) mass is 147 g/mol. The number of ether oxygens (including phenoxy) is 1. The fourth-order valence-electron chi connectivity index (χ4n) is 0.653. The van der Waals surface area contributed by atoms with Gasteiger partial charge in [-0.25, -0.2) is 0 Å². The maximum absolute atomic E-state index is 9.98. The highest BCUT2D eigenvalue weighted by Gasteiger charge is 2.05. The second-order valence-corrected chi connectivity index (χ2v) is 2.05. The zero-order chi connectivity index (χ0) is 7.82. The van der Waals surface area contributed by atoms with Gasteiger partial charge in [0.15, 0.2) is 0 Å². The number of nitrogens with zero attached hydrogens (tertiary/aromatic N) is 1. The Morgan fingerprint density at radius 2 is 2.30 bits per heavy atom. The maximum Gasteiger partial charge on any atom is 0.0963 e. The summed E-state index contributed by atoms with van der Waals surface area (Å²) in [6.07, 6.45) is 1.04. The van der Waals surface area contributed by atoms with Crippen LogP contribution in [0.3, 0.4) is 0 Å². The van der Waals surface area contributed by atoms with Gasteiger partial charge in [-0.3, -0.25) is 0 Å². The van der Waals surface area contributed by atoms with Gasteiger partial charge >= 0.3 is 0 Å². The van der Waals surface area contributed by atoms with Crippen LogP contribution < -0.4 is 0 Å². The summed E-state index contributed by atoms with van der Waals surface area (Å²) in [6, 6.07) is -0.287. The van der Waals surface area contributed by atoms with E-state index in [1.54, 1.807) is 7.11 Å². The van der Waals surface area contributed by atoms with Crippen molar-refractivity contribution in [3.8, 4) is 0 Å². The van der Waals surface area contributed by atoms with Crippen molar-refractivity contribution in [1.29, 1.82) is 0 Å². The molecule has 1 N–H and O–H groups in total. The molecule has 0 aliphatic rings. The van der Waals surface area contributed by atoms with Crippen molar-refractivity contribution < 1.29 is 9.84 Å². The van der Waals surface area contributed by atoms with Crippen LogP contribution in [0.4, 0.5) is 0 Å². The Kier molecular flexibility index (Phi) is 6.32. The summed E-state index contributed by atoms with van der Waals surface area (Å²) in [5.74, 6) is 0. The van der Waals surface area contributed by atoms with E-state index < -0.39 is 0 Å². The molecule has 0 fully saturated rings. The lowest BCUT2D eigenvalue weighted by atomic mass is 10.2. The summed E-state index contributed by atoms with van der Waals surface area (Å²) in [5, 5.41) is 11.3. The first-order valence-corrected chi connectivity index (χ1v) is 3.27. The Bertz CT molecular complexity index is 87.1. The zero-order valence-electron chi connectivity index (χ0n) is 6.12. The summed E-state index contributed by atoms with van der Waals surface area (Å²) in [6.45, 7) is 0.538. The lowest BCUT2D eigenvalue weighted by Crippen LogP contribution is -2.09. The third kappa shape index (κ3) is 4.40. The Morgan fingerprint density at radius 1 is 1.60 bits per heavy atom. The maximum atomic E-state index is 9.98. The molecule has 10 heavy (non-hydrogen) atoms. The van der Waals surface area contributed by atoms with Crippen molar-refractivity contribution in [3.05, 3.63) is 4.91 Å². The fourth-order valence-corrected chi connectivity index (χ4v) is 0.653. The molecular formula is C6H13NO3. The molecular weight excluding hydrogens is 134 g/mol. The molecule has 0 aromatic carbocycles. The molecule has 4 nitrogen and oxygen atoms in total. The molecule has 0 aliphatic heterocycles. The molecule has 0 aromatic heterocycles. The minimum Gasteiger partial charge on any atom is -0.396 e. The van der Waals surface area contributed by atoms with Gasteiger partial charge in [0, 0.05) is 20.3 Å². The number of aliphatic hydroxyl groups is 1. The van der Waals surface area contributed by atoms with Gasteiger partial charge in [-0.1, -0.05) is 5.18 Å². The lowest BCUT2D eigenvalue weighted by Gasteiger charge is -2.04. The highest BCUT2D eigenvalue weighted by Crippen LogP contribution is 2.01. The quantitative estimate of drug-likeness (QED) is 0.558. The topological polar surface area (TPSA) is 58.9 Å². The van der Waals surface area contributed by atoms with Crippen molar-refractivity contribution in [1.82, 2.24) is 0 Å². The second-order valence-electron chi connectivity index (χ2n) is 2.05. The fraction of sp³-hybridized carbons (Fsp3) is 1.00. The van der Waals surface area contributed by atoms with Gasteiger partial charge in [-0.05, 0) is 12.8 Å². The number of hydrogen-bond acceptors (Lipinski definition) is 4. The molecule has 0 saturated heterocycles. The van der Waals surface area contributed by atoms with Crippen LogP contribution in [0.5, 0.6) is 0 Å². The van der Waals surface area contributed by atoms with Gasteiger partial charge in [-0.15, -0.1) is 0 Å². The molecule has 0 heterocycles. The van der Waals surface area contributed by atoms with Crippen molar-refractivity contribution >= 4 is 0 Å². The van der Waals surface area contributed by atoms with Crippen LogP contribution in [0, 0.1) is 4.91 Å². The van der Waals surface area contributed by atoms with Crippen LogP contribution in [0.2, 0.25) is 0 Å². The first-order chi connectivity index (χ1) is 4.85. The minimum absolute atomic E-state index is 0.0140. The average molecular weight is 147 g/mol. The molecule has 60 valence electrons. The van der Waals surface area contributed by atoms with Gasteiger partial charge in [0.1, 0.15) is 0 Å². The molecule has 4 heteroatoms. The average Bonchev–Trinajstić information content (AvgIpc) is 1.98. The summed E-state index contributed by atoms with van der Waals surface area (Å²) in [4.78, 5) is 9.98. The molecule has 0 amide bonds. The Morgan fingerprint density at radius 3 is 2.70 bits per heavy atom. The van der Waals surface area contributed by atoms with Gasteiger partial charge in [0.25, 0.3) is 0 Å². The number of aliphatic hydroxyl groups excluding tert-OH is 1. The van der Waals surface area contributed by atoms with Gasteiger partial charge in [0.05, 0.1) is 6.04 Å². The molecule has 0 bridgehead atoms. The molecule has 0 aromatic rings. The van der Waals surface area contributed by atoms with Crippen LogP contribution in [0.1, 0.15) is 12.8 Å². The molecule has 0 unspecified atom stereocenters. The molecule has 0 saturated carbocycles. The molecule has 0 radical (unpaired) electrons. The van der Waals surface area contributed by atoms with Crippen molar-refractivity contribution in [2.24, 2.45) is 5.18 Å². The normalized spacial score (nSPS) is 13.0. The smallest absolute Gasteiger partial charge is 0.0963 e. The largest absolute Gasteiger partial charge is 0.396 e. The SMILES string of the molecule is COCC[C@@H](CCO)N=O. The van der Waals surface area contributed by atoms with E-state index in [4.69, 9.17) is 9.84 Å². The summed E-state index contributed by atoms with van der Waals surface area (Å²) in [5.41, 5.74) is 0. The number of methoxy groups -OCH3 is 1.